The highest BCUT2D eigenvalue weighted by molar-refractivity contribution is 7.89. The first-order valence-corrected chi connectivity index (χ1v) is 12.1. The first-order chi connectivity index (χ1) is 14.2. The largest absolute Gasteiger partial charge is 0.490 e. The van der Waals surface area contributed by atoms with E-state index in [1.807, 2.05) is 13.8 Å². The molecule has 0 amide bonds. The third kappa shape index (κ3) is 8.57. The summed E-state index contributed by atoms with van der Waals surface area (Å²) >= 11 is 0. The number of halogens is 1. The van der Waals surface area contributed by atoms with Crippen molar-refractivity contribution < 1.29 is 27.1 Å². The minimum absolute atomic E-state index is 0.0304. The van der Waals surface area contributed by atoms with Crippen LogP contribution >= 0.6 is 0 Å². The minimum Gasteiger partial charge on any atom is -0.490 e. The Morgan fingerprint density at radius 1 is 1.27 bits per heavy atom. The molecule has 1 fully saturated rings. The first-order valence-electron chi connectivity index (χ1n) is 10.5. The fourth-order valence-electron chi connectivity index (χ4n) is 2.97. The number of ether oxygens (including phenoxy) is 2. The van der Waals surface area contributed by atoms with Crippen LogP contribution in [0.25, 0.3) is 0 Å². The number of carbonyl (C=O) groups is 1. The molecule has 1 saturated carbocycles. The molecule has 0 saturated heterocycles. The second kappa shape index (κ2) is 11.6. The zero-order valence-corrected chi connectivity index (χ0v) is 18.5. The summed E-state index contributed by atoms with van der Waals surface area (Å²) in [6, 6.07) is 4.03. The Morgan fingerprint density at radius 3 is 2.63 bits per heavy atom. The molecule has 0 aliphatic heterocycles. The van der Waals surface area contributed by atoms with Gasteiger partial charge in [0.25, 0.3) is 0 Å². The smallest absolute Gasteiger partial charge is 0.319 e. The average molecular weight is 445 g/mol. The highest BCUT2D eigenvalue weighted by Crippen LogP contribution is 2.32. The highest BCUT2D eigenvalue weighted by Gasteiger charge is 2.25. The van der Waals surface area contributed by atoms with Crippen molar-refractivity contribution in [2.24, 2.45) is 17.6 Å². The van der Waals surface area contributed by atoms with Crippen molar-refractivity contribution in [2.75, 3.05) is 25.5 Å². The maximum Gasteiger partial charge on any atom is 0.319 e. The molecule has 1 aliphatic rings. The summed E-state index contributed by atoms with van der Waals surface area (Å²) in [7, 11) is -3.53. The zero-order chi connectivity index (χ0) is 22.1. The molecule has 30 heavy (non-hydrogen) atoms. The van der Waals surface area contributed by atoms with Gasteiger partial charge >= 0.3 is 5.97 Å². The first kappa shape index (κ1) is 24.6. The van der Waals surface area contributed by atoms with Gasteiger partial charge in [-0.1, -0.05) is 19.9 Å². The van der Waals surface area contributed by atoms with Gasteiger partial charge in [0.1, 0.15) is 0 Å². The van der Waals surface area contributed by atoms with Crippen molar-refractivity contribution in [2.45, 2.75) is 52.0 Å². The van der Waals surface area contributed by atoms with Crippen LogP contribution in [0.4, 0.5) is 4.39 Å². The van der Waals surface area contributed by atoms with Crippen LogP contribution in [0.3, 0.4) is 0 Å². The molecule has 0 radical (unpaired) electrons. The molecular formula is C21H33FN2O5S. The lowest BCUT2D eigenvalue weighted by Gasteiger charge is -2.23. The summed E-state index contributed by atoms with van der Waals surface area (Å²) in [5.74, 6) is -0.323. The topological polar surface area (TPSA) is 108 Å². The summed E-state index contributed by atoms with van der Waals surface area (Å²) in [5, 5.41) is 0. The number of carbonyl (C=O) groups excluding carboxylic acids is 1. The lowest BCUT2D eigenvalue weighted by atomic mass is 9.97. The van der Waals surface area contributed by atoms with E-state index in [4.69, 9.17) is 15.2 Å². The van der Waals surface area contributed by atoms with Crippen LogP contribution in [0.15, 0.2) is 18.2 Å². The Bertz CT molecular complexity index is 797. The average Bonchev–Trinajstić information content (AvgIpc) is 3.52. The van der Waals surface area contributed by atoms with Crippen molar-refractivity contribution in [3.8, 4) is 5.75 Å². The van der Waals surface area contributed by atoms with E-state index in [2.05, 4.69) is 4.72 Å². The Kier molecular flexibility index (Phi) is 9.51. The molecule has 2 rings (SSSR count). The summed E-state index contributed by atoms with van der Waals surface area (Å²) in [6.45, 7) is 4.38. The van der Waals surface area contributed by atoms with Crippen molar-refractivity contribution >= 4 is 16.0 Å². The number of benzene rings is 1. The Morgan fingerprint density at radius 2 is 2.00 bits per heavy atom. The van der Waals surface area contributed by atoms with E-state index in [0.717, 1.165) is 12.8 Å². The molecule has 1 atom stereocenters. The van der Waals surface area contributed by atoms with E-state index >= 15 is 0 Å². The van der Waals surface area contributed by atoms with Crippen LogP contribution in [-0.2, 0) is 19.6 Å². The Hall–Kier alpha value is -1.71. The third-order valence-electron chi connectivity index (χ3n) is 4.95. The van der Waals surface area contributed by atoms with Crippen molar-refractivity contribution in [3.05, 3.63) is 29.6 Å². The molecule has 3 N–H and O–H groups in total. The van der Waals surface area contributed by atoms with Crippen LogP contribution < -0.4 is 15.2 Å². The van der Waals surface area contributed by atoms with Gasteiger partial charge in [-0.05, 0) is 61.6 Å². The number of rotatable bonds is 14. The fourth-order valence-corrected chi connectivity index (χ4v) is 4.47. The van der Waals surface area contributed by atoms with E-state index in [0.29, 0.717) is 37.4 Å². The van der Waals surface area contributed by atoms with Crippen LogP contribution in [0.2, 0.25) is 0 Å². The van der Waals surface area contributed by atoms with Gasteiger partial charge in [-0.25, -0.2) is 17.5 Å². The third-order valence-corrected chi connectivity index (χ3v) is 6.39. The van der Waals surface area contributed by atoms with Gasteiger partial charge < -0.3 is 15.2 Å². The molecular weight excluding hydrogens is 411 g/mol. The highest BCUT2D eigenvalue weighted by atomic mass is 32.2. The van der Waals surface area contributed by atoms with Crippen LogP contribution in [0.5, 0.6) is 5.75 Å². The number of hydrogen-bond acceptors (Lipinski definition) is 6. The second-order valence-electron chi connectivity index (χ2n) is 8.09. The number of unbranched alkanes of at least 4 members (excludes halogenated alkanes) is 2. The van der Waals surface area contributed by atoms with E-state index in [1.165, 1.54) is 6.07 Å². The van der Waals surface area contributed by atoms with E-state index < -0.39 is 27.9 Å². The van der Waals surface area contributed by atoms with Gasteiger partial charge in [0.2, 0.25) is 10.0 Å². The molecule has 9 heteroatoms. The molecule has 0 aromatic heterocycles. The standard InChI is InChI=1S/C21H33FN2O5S/c1-15(2)21(17-8-9-18(22)19(12-17)29-14-16-6-7-16)24-30(26,27)11-5-3-4-10-28-20(25)13-23/h8-9,12,15-16,21,24H,3-7,10-11,13-14,23H2,1-2H3. The number of sulfonamides is 1. The predicted molar refractivity (Wildman–Crippen MR) is 113 cm³/mol. The van der Waals surface area contributed by atoms with Crippen molar-refractivity contribution in [1.29, 1.82) is 0 Å². The molecule has 1 aliphatic carbocycles. The van der Waals surface area contributed by atoms with Crippen molar-refractivity contribution in [3.63, 3.8) is 0 Å². The molecule has 1 unspecified atom stereocenters. The molecule has 0 heterocycles. The number of nitrogens with two attached hydrogens (primary N) is 1. The molecule has 0 bridgehead atoms. The van der Waals surface area contributed by atoms with Gasteiger partial charge in [0.15, 0.2) is 11.6 Å². The molecule has 170 valence electrons. The van der Waals surface area contributed by atoms with Crippen molar-refractivity contribution in [1.82, 2.24) is 4.72 Å². The quantitative estimate of drug-likeness (QED) is 0.337. The van der Waals surface area contributed by atoms with Crippen LogP contribution in [0.1, 0.15) is 57.6 Å². The summed E-state index contributed by atoms with van der Waals surface area (Å²) in [6.07, 6.45) is 3.84. The van der Waals surface area contributed by atoms with E-state index in [9.17, 15) is 17.6 Å². The molecule has 7 nitrogen and oxygen atoms in total. The molecule has 0 spiro atoms. The normalized spacial score (nSPS) is 15.2. The summed E-state index contributed by atoms with van der Waals surface area (Å²) < 4.78 is 52.4. The van der Waals surface area contributed by atoms with Gasteiger partial charge in [-0.15, -0.1) is 0 Å². The Labute approximate surface area is 178 Å². The van der Waals surface area contributed by atoms with Gasteiger partial charge in [-0.2, -0.15) is 0 Å². The monoisotopic (exact) mass is 444 g/mol. The van der Waals surface area contributed by atoms with Crippen LogP contribution in [0, 0.1) is 17.7 Å². The number of nitrogens with one attached hydrogen (secondary N) is 1. The fraction of sp³-hybridized carbons (Fsp3) is 0.667. The molecule has 1 aromatic rings. The number of hydrogen-bond donors (Lipinski definition) is 2. The molecule has 1 aromatic carbocycles. The minimum atomic E-state index is -3.53. The SMILES string of the molecule is CC(C)C(NS(=O)(=O)CCCCCOC(=O)CN)c1ccc(F)c(OCC2CC2)c1. The lowest BCUT2D eigenvalue weighted by molar-refractivity contribution is -0.142. The number of esters is 1. The summed E-state index contributed by atoms with van der Waals surface area (Å²) in [4.78, 5) is 11.0. The maximum atomic E-state index is 14.1. The second-order valence-corrected chi connectivity index (χ2v) is 9.96. The predicted octanol–water partition coefficient (Wildman–Crippen LogP) is 2.90. The van der Waals surface area contributed by atoms with Crippen LogP contribution in [-0.4, -0.2) is 39.9 Å². The summed E-state index contributed by atoms with van der Waals surface area (Å²) in [5.41, 5.74) is 5.82. The van der Waals surface area contributed by atoms with E-state index in [-0.39, 0.29) is 30.6 Å². The van der Waals surface area contributed by atoms with Gasteiger partial charge in [0, 0.05) is 6.04 Å². The Balaban J connectivity index is 1.90. The lowest BCUT2D eigenvalue weighted by Crippen LogP contribution is -2.33. The van der Waals surface area contributed by atoms with Gasteiger partial charge in [0.05, 0.1) is 25.5 Å². The zero-order valence-electron chi connectivity index (χ0n) is 17.7. The van der Waals surface area contributed by atoms with Gasteiger partial charge in [-0.3, -0.25) is 4.79 Å². The van der Waals surface area contributed by atoms with E-state index in [1.54, 1.807) is 12.1 Å². The maximum absolute atomic E-state index is 14.1.